The highest BCUT2D eigenvalue weighted by atomic mass is 35.5. The molecule has 2 amide bonds. The third-order valence-corrected chi connectivity index (χ3v) is 7.71. The first-order valence-electron chi connectivity index (χ1n) is 10.4. The predicted octanol–water partition coefficient (Wildman–Crippen LogP) is 3.07. The highest BCUT2D eigenvalue weighted by Gasteiger charge is 2.59. The van der Waals surface area contributed by atoms with Gasteiger partial charge in [-0.05, 0) is 61.4 Å². The van der Waals surface area contributed by atoms with Gasteiger partial charge in [0.1, 0.15) is 17.2 Å². The monoisotopic (exact) mass is 497 g/mol. The molecular formula is C22H22ClF2N3O4S. The lowest BCUT2D eigenvalue weighted by Gasteiger charge is -2.42. The van der Waals surface area contributed by atoms with Crippen LogP contribution in [-0.4, -0.2) is 48.5 Å². The summed E-state index contributed by atoms with van der Waals surface area (Å²) in [6, 6.07) is 4.31. The standard InChI is InChI=1S/C22H22ClF2N3O4S/c1-33(31,32)18-9-13(5-7-27-18)20(29)28-8-2-6-22(28,21(26)30)19(12-3-4-12)14-10-17(25)15(23)11-16(14)24/h5,7,9-12,19H,2-4,6,8H2,1H3,(H2,26,30)/t19-,22+/m1/s1. The molecule has 0 bridgehead atoms. The molecule has 1 saturated carbocycles. The summed E-state index contributed by atoms with van der Waals surface area (Å²) in [6.07, 6.45) is 4.08. The van der Waals surface area contributed by atoms with Crippen LogP contribution in [-0.2, 0) is 14.6 Å². The van der Waals surface area contributed by atoms with Crippen molar-refractivity contribution in [2.24, 2.45) is 11.7 Å². The molecule has 1 aliphatic carbocycles. The summed E-state index contributed by atoms with van der Waals surface area (Å²) in [5, 5.41) is -0.676. The summed E-state index contributed by atoms with van der Waals surface area (Å²) < 4.78 is 53.1. The van der Waals surface area contributed by atoms with Crippen molar-refractivity contribution in [2.75, 3.05) is 12.8 Å². The number of rotatable bonds is 6. The average molecular weight is 498 g/mol. The van der Waals surface area contributed by atoms with Gasteiger partial charge in [-0.25, -0.2) is 22.2 Å². The van der Waals surface area contributed by atoms with Crippen LogP contribution in [0.5, 0.6) is 0 Å². The number of sulfone groups is 1. The number of aromatic nitrogens is 1. The fourth-order valence-electron chi connectivity index (χ4n) is 4.86. The molecular weight excluding hydrogens is 476 g/mol. The molecule has 33 heavy (non-hydrogen) atoms. The summed E-state index contributed by atoms with van der Waals surface area (Å²) in [5.41, 5.74) is 4.23. The van der Waals surface area contributed by atoms with Gasteiger partial charge in [-0.2, -0.15) is 0 Å². The van der Waals surface area contributed by atoms with E-state index < -0.39 is 44.7 Å². The SMILES string of the molecule is CS(=O)(=O)c1cc(C(=O)N2CCC[C@@]2(C(N)=O)[C@@H](c2cc(F)c(Cl)cc2F)C2CC2)ccn1. The molecule has 0 spiro atoms. The molecule has 1 saturated heterocycles. The van der Waals surface area contributed by atoms with E-state index in [9.17, 15) is 22.4 Å². The van der Waals surface area contributed by atoms with Crippen molar-refractivity contribution in [3.8, 4) is 0 Å². The van der Waals surface area contributed by atoms with Crippen LogP contribution < -0.4 is 5.73 Å². The molecule has 2 N–H and O–H groups in total. The number of carbonyl (C=O) groups is 2. The van der Waals surface area contributed by atoms with Gasteiger partial charge in [0.2, 0.25) is 5.91 Å². The van der Waals surface area contributed by atoms with E-state index in [0.29, 0.717) is 19.3 Å². The minimum absolute atomic E-state index is 0.00950. The van der Waals surface area contributed by atoms with Crippen LogP contribution in [0.3, 0.4) is 0 Å². The Morgan fingerprint density at radius 3 is 2.55 bits per heavy atom. The van der Waals surface area contributed by atoms with Gasteiger partial charge in [0.25, 0.3) is 5.91 Å². The first-order valence-corrected chi connectivity index (χ1v) is 12.7. The highest BCUT2D eigenvalue weighted by molar-refractivity contribution is 7.90. The van der Waals surface area contributed by atoms with E-state index in [-0.39, 0.29) is 40.1 Å². The number of hydrogen-bond donors (Lipinski definition) is 1. The summed E-state index contributed by atoms with van der Waals surface area (Å²) in [6.45, 7) is 0.152. The van der Waals surface area contributed by atoms with Crippen LogP contribution in [0, 0.1) is 17.6 Å². The topological polar surface area (TPSA) is 110 Å². The maximum atomic E-state index is 15.0. The van der Waals surface area contributed by atoms with E-state index in [1.54, 1.807) is 0 Å². The zero-order chi connectivity index (χ0) is 24.1. The Balaban J connectivity index is 1.84. The molecule has 2 atom stereocenters. The maximum absolute atomic E-state index is 15.0. The molecule has 7 nitrogen and oxygen atoms in total. The van der Waals surface area contributed by atoms with Crippen LogP contribution in [0.1, 0.15) is 47.5 Å². The van der Waals surface area contributed by atoms with Crippen LogP contribution in [0.2, 0.25) is 5.02 Å². The summed E-state index contributed by atoms with van der Waals surface area (Å²) in [7, 11) is -3.68. The Morgan fingerprint density at radius 2 is 1.94 bits per heavy atom. The van der Waals surface area contributed by atoms with E-state index >= 15 is 4.39 Å². The van der Waals surface area contributed by atoms with Crippen molar-refractivity contribution in [1.29, 1.82) is 0 Å². The van der Waals surface area contributed by atoms with Crippen molar-refractivity contribution >= 4 is 33.3 Å². The van der Waals surface area contributed by atoms with Crippen LogP contribution >= 0.6 is 11.6 Å². The van der Waals surface area contributed by atoms with Crippen molar-refractivity contribution in [3.63, 3.8) is 0 Å². The zero-order valence-corrected chi connectivity index (χ0v) is 19.3. The molecule has 1 aliphatic heterocycles. The third kappa shape index (κ3) is 4.10. The van der Waals surface area contributed by atoms with E-state index in [4.69, 9.17) is 17.3 Å². The first kappa shape index (κ1) is 23.6. The van der Waals surface area contributed by atoms with Gasteiger partial charge in [0.05, 0.1) is 5.02 Å². The van der Waals surface area contributed by atoms with Gasteiger partial charge >= 0.3 is 0 Å². The first-order chi connectivity index (χ1) is 15.5. The van der Waals surface area contributed by atoms with Gasteiger partial charge in [0, 0.05) is 30.5 Å². The second-order valence-corrected chi connectivity index (χ2v) is 11.0. The number of halogens is 3. The Hall–Kier alpha value is -2.59. The number of amides is 2. The maximum Gasteiger partial charge on any atom is 0.254 e. The number of primary amides is 1. The van der Waals surface area contributed by atoms with Crippen molar-refractivity contribution in [2.45, 2.75) is 42.2 Å². The summed E-state index contributed by atoms with van der Waals surface area (Å²) >= 11 is 5.73. The van der Waals surface area contributed by atoms with Crippen LogP contribution in [0.4, 0.5) is 8.78 Å². The number of nitrogens with two attached hydrogens (primary N) is 1. The van der Waals surface area contributed by atoms with E-state index in [2.05, 4.69) is 4.98 Å². The number of likely N-dealkylation sites (tertiary alicyclic amines) is 1. The number of nitrogens with zero attached hydrogens (tertiary/aromatic N) is 2. The quantitative estimate of drug-likeness (QED) is 0.617. The van der Waals surface area contributed by atoms with Crippen LogP contribution in [0.25, 0.3) is 0 Å². The Kier molecular flexibility index (Phi) is 5.94. The average Bonchev–Trinajstić information content (AvgIpc) is 3.48. The Labute approximate surface area is 194 Å². The van der Waals surface area contributed by atoms with Crippen molar-refractivity contribution in [1.82, 2.24) is 9.88 Å². The molecule has 176 valence electrons. The number of hydrogen-bond acceptors (Lipinski definition) is 5. The van der Waals surface area contributed by atoms with Gasteiger partial charge in [-0.15, -0.1) is 0 Å². The molecule has 2 aliphatic rings. The molecule has 2 fully saturated rings. The van der Waals surface area contributed by atoms with E-state index in [0.717, 1.165) is 24.5 Å². The molecule has 11 heteroatoms. The van der Waals surface area contributed by atoms with Gasteiger partial charge in [-0.3, -0.25) is 9.59 Å². The van der Waals surface area contributed by atoms with Gasteiger partial charge < -0.3 is 10.6 Å². The molecule has 2 aromatic rings. The number of carbonyl (C=O) groups excluding carboxylic acids is 2. The molecule has 0 unspecified atom stereocenters. The fraction of sp³-hybridized carbons (Fsp3) is 0.409. The summed E-state index contributed by atoms with van der Waals surface area (Å²) in [4.78, 5) is 31.6. The van der Waals surface area contributed by atoms with Crippen molar-refractivity contribution < 1.29 is 26.8 Å². The van der Waals surface area contributed by atoms with E-state index in [1.807, 2.05) is 0 Å². The predicted molar refractivity (Wildman–Crippen MR) is 116 cm³/mol. The lowest BCUT2D eigenvalue weighted by atomic mass is 9.73. The molecule has 2 heterocycles. The Bertz CT molecular complexity index is 1250. The largest absolute Gasteiger partial charge is 0.368 e. The minimum atomic E-state index is -3.68. The van der Waals surface area contributed by atoms with Gasteiger partial charge in [-0.1, -0.05) is 11.6 Å². The molecule has 4 rings (SSSR count). The van der Waals surface area contributed by atoms with Crippen molar-refractivity contribution in [3.05, 3.63) is 58.2 Å². The molecule has 1 aromatic carbocycles. The third-order valence-electron chi connectivity index (χ3n) is 6.44. The molecule has 1 aromatic heterocycles. The summed E-state index contributed by atoms with van der Waals surface area (Å²) in [5.74, 6) is -4.10. The second-order valence-electron chi connectivity index (χ2n) is 8.61. The normalized spacial score (nSPS) is 21.8. The van der Waals surface area contributed by atoms with Crippen LogP contribution in [0.15, 0.2) is 35.5 Å². The lowest BCUT2D eigenvalue weighted by Crippen LogP contribution is -2.60. The second kappa shape index (κ2) is 8.32. The Morgan fingerprint density at radius 1 is 1.24 bits per heavy atom. The molecule has 0 radical (unpaired) electrons. The lowest BCUT2D eigenvalue weighted by molar-refractivity contribution is -0.129. The zero-order valence-electron chi connectivity index (χ0n) is 17.7. The minimum Gasteiger partial charge on any atom is -0.368 e. The number of pyridine rings is 1. The highest BCUT2D eigenvalue weighted by Crippen LogP contribution is 2.54. The fourth-order valence-corrected chi connectivity index (χ4v) is 5.61. The smallest absolute Gasteiger partial charge is 0.254 e. The van der Waals surface area contributed by atoms with E-state index in [1.165, 1.54) is 17.2 Å². The van der Waals surface area contributed by atoms with Gasteiger partial charge in [0.15, 0.2) is 14.9 Å². The number of benzene rings is 1.